The van der Waals surface area contributed by atoms with E-state index in [1.165, 1.54) is 25.0 Å². The minimum Gasteiger partial charge on any atom is -0.246 e. The highest BCUT2D eigenvalue weighted by Crippen LogP contribution is 2.43. The SMILES string of the molecule is Cc1nnn(C(CC2CC2)C(C)(C)C)c1C. The number of rotatable bonds is 3. The Kier molecular flexibility index (Phi) is 2.81. The van der Waals surface area contributed by atoms with Crippen molar-refractivity contribution < 1.29 is 0 Å². The predicted octanol–water partition coefficient (Wildman–Crippen LogP) is 3.28. The van der Waals surface area contributed by atoms with Crippen molar-refractivity contribution in [3.8, 4) is 0 Å². The lowest BCUT2D eigenvalue weighted by Crippen LogP contribution is -2.27. The normalized spacial score (nSPS) is 18.8. The molecular weight excluding hydrogens is 198 g/mol. The van der Waals surface area contributed by atoms with Crippen LogP contribution < -0.4 is 0 Å². The Morgan fingerprint density at radius 3 is 2.31 bits per heavy atom. The molecule has 0 amide bonds. The van der Waals surface area contributed by atoms with Crippen molar-refractivity contribution in [2.75, 3.05) is 0 Å². The van der Waals surface area contributed by atoms with Gasteiger partial charge in [-0.05, 0) is 31.6 Å². The molecular formula is C13H23N3. The van der Waals surface area contributed by atoms with E-state index >= 15 is 0 Å². The zero-order chi connectivity index (χ0) is 11.9. The smallest absolute Gasteiger partial charge is 0.0825 e. The zero-order valence-electron chi connectivity index (χ0n) is 11.1. The molecule has 16 heavy (non-hydrogen) atoms. The molecule has 1 fully saturated rings. The molecule has 0 bridgehead atoms. The molecule has 1 unspecified atom stereocenters. The molecule has 0 N–H and O–H groups in total. The largest absolute Gasteiger partial charge is 0.246 e. The second kappa shape index (κ2) is 3.86. The molecule has 0 spiro atoms. The monoisotopic (exact) mass is 221 g/mol. The third-order valence-corrected chi connectivity index (χ3v) is 3.71. The first-order chi connectivity index (χ1) is 7.39. The molecule has 1 heterocycles. The Hall–Kier alpha value is -0.860. The van der Waals surface area contributed by atoms with Crippen LogP contribution in [0.3, 0.4) is 0 Å². The molecule has 90 valence electrons. The highest BCUT2D eigenvalue weighted by molar-refractivity contribution is 5.07. The van der Waals surface area contributed by atoms with Gasteiger partial charge < -0.3 is 0 Å². The average molecular weight is 221 g/mol. The van der Waals surface area contributed by atoms with Gasteiger partial charge >= 0.3 is 0 Å². The van der Waals surface area contributed by atoms with Crippen molar-refractivity contribution in [3.63, 3.8) is 0 Å². The summed E-state index contributed by atoms with van der Waals surface area (Å²) in [6.45, 7) is 11.1. The molecule has 1 saturated carbocycles. The number of aryl methyl sites for hydroxylation is 1. The van der Waals surface area contributed by atoms with Crippen molar-refractivity contribution >= 4 is 0 Å². The van der Waals surface area contributed by atoms with Crippen LogP contribution in [0.5, 0.6) is 0 Å². The van der Waals surface area contributed by atoms with Gasteiger partial charge in [0.05, 0.1) is 17.4 Å². The highest BCUT2D eigenvalue weighted by Gasteiger charge is 2.34. The minimum atomic E-state index is 0.257. The molecule has 2 rings (SSSR count). The van der Waals surface area contributed by atoms with E-state index in [0.717, 1.165) is 11.6 Å². The quantitative estimate of drug-likeness (QED) is 0.784. The van der Waals surface area contributed by atoms with Crippen LogP contribution in [-0.4, -0.2) is 15.0 Å². The van der Waals surface area contributed by atoms with Crippen LogP contribution in [0.25, 0.3) is 0 Å². The number of aromatic nitrogens is 3. The molecule has 0 aromatic carbocycles. The van der Waals surface area contributed by atoms with Gasteiger partial charge in [-0.3, -0.25) is 0 Å². The summed E-state index contributed by atoms with van der Waals surface area (Å²) in [5, 5.41) is 8.52. The Morgan fingerprint density at radius 1 is 1.31 bits per heavy atom. The summed E-state index contributed by atoms with van der Waals surface area (Å²) in [6.07, 6.45) is 4.06. The fourth-order valence-electron chi connectivity index (χ4n) is 2.21. The van der Waals surface area contributed by atoms with Crippen LogP contribution in [-0.2, 0) is 0 Å². The summed E-state index contributed by atoms with van der Waals surface area (Å²) in [6, 6.07) is 0.487. The Balaban J connectivity index is 2.26. The Labute approximate surface area is 98.2 Å². The maximum absolute atomic E-state index is 4.33. The highest BCUT2D eigenvalue weighted by atomic mass is 15.4. The maximum Gasteiger partial charge on any atom is 0.0825 e. The van der Waals surface area contributed by atoms with Gasteiger partial charge in [-0.1, -0.05) is 38.8 Å². The van der Waals surface area contributed by atoms with Crippen LogP contribution in [0.4, 0.5) is 0 Å². The topological polar surface area (TPSA) is 30.7 Å². The molecule has 3 heteroatoms. The molecule has 0 aliphatic heterocycles. The number of hydrogen-bond acceptors (Lipinski definition) is 2. The number of hydrogen-bond donors (Lipinski definition) is 0. The van der Waals surface area contributed by atoms with Gasteiger partial charge in [0.2, 0.25) is 0 Å². The third-order valence-electron chi connectivity index (χ3n) is 3.71. The van der Waals surface area contributed by atoms with Crippen LogP contribution >= 0.6 is 0 Å². The lowest BCUT2D eigenvalue weighted by Gasteiger charge is -2.31. The predicted molar refractivity (Wildman–Crippen MR) is 65.3 cm³/mol. The van der Waals surface area contributed by atoms with E-state index in [9.17, 15) is 0 Å². The van der Waals surface area contributed by atoms with Crippen molar-refractivity contribution in [2.45, 2.75) is 59.9 Å². The molecule has 1 aromatic heterocycles. The lowest BCUT2D eigenvalue weighted by molar-refractivity contribution is 0.197. The van der Waals surface area contributed by atoms with E-state index in [4.69, 9.17) is 0 Å². The summed E-state index contributed by atoms with van der Waals surface area (Å²) >= 11 is 0. The van der Waals surface area contributed by atoms with E-state index in [1.54, 1.807) is 0 Å². The first-order valence-corrected chi connectivity index (χ1v) is 6.28. The van der Waals surface area contributed by atoms with Crippen molar-refractivity contribution in [1.29, 1.82) is 0 Å². The molecule has 0 saturated heterocycles. The summed E-state index contributed by atoms with van der Waals surface area (Å²) in [4.78, 5) is 0. The Morgan fingerprint density at radius 2 is 1.94 bits per heavy atom. The van der Waals surface area contributed by atoms with E-state index in [0.29, 0.717) is 6.04 Å². The molecule has 1 aliphatic rings. The van der Waals surface area contributed by atoms with Crippen molar-refractivity contribution in [3.05, 3.63) is 11.4 Å². The fourth-order valence-corrected chi connectivity index (χ4v) is 2.21. The average Bonchev–Trinajstić information content (AvgIpc) is 2.92. The first kappa shape index (κ1) is 11.6. The summed E-state index contributed by atoms with van der Waals surface area (Å²) in [5.41, 5.74) is 2.54. The molecule has 1 aromatic rings. The fraction of sp³-hybridized carbons (Fsp3) is 0.846. The third kappa shape index (κ3) is 2.28. The van der Waals surface area contributed by atoms with Gasteiger partial charge in [-0.2, -0.15) is 0 Å². The van der Waals surface area contributed by atoms with Gasteiger partial charge in [0, 0.05) is 0 Å². The van der Waals surface area contributed by atoms with Gasteiger partial charge in [0.1, 0.15) is 0 Å². The van der Waals surface area contributed by atoms with Crippen LogP contribution in [0.1, 0.15) is 57.5 Å². The van der Waals surface area contributed by atoms with Gasteiger partial charge in [0.25, 0.3) is 0 Å². The first-order valence-electron chi connectivity index (χ1n) is 6.28. The van der Waals surface area contributed by atoms with Crippen molar-refractivity contribution in [1.82, 2.24) is 15.0 Å². The van der Waals surface area contributed by atoms with Crippen molar-refractivity contribution in [2.24, 2.45) is 11.3 Å². The van der Waals surface area contributed by atoms with Gasteiger partial charge in [-0.15, -0.1) is 5.10 Å². The second-order valence-corrected chi connectivity index (χ2v) is 6.27. The molecule has 3 nitrogen and oxygen atoms in total. The van der Waals surface area contributed by atoms with E-state index < -0.39 is 0 Å². The van der Waals surface area contributed by atoms with E-state index in [2.05, 4.69) is 42.7 Å². The Bertz CT molecular complexity index is 369. The minimum absolute atomic E-state index is 0.257. The van der Waals surface area contributed by atoms with Gasteiger partial charge in [0.15, 0.2) is 0 Å². The van der Waals surface area contributed by atoms with Crippen LogP contribution in [0.2, 0.25) is 0 Å². The van der Waals surface area contributed by atoms with Crippen LogP contribution in [0, 0.1) is 25.2 Å². The standard InChI is InChI=1S/C13H23N3/c1-9-10(2)16(15-14-9)12(13(3,4)5)8-11-6-7-11/h11-12H,6-8H2,1-5H3. The summed E-state index contributed by atoms with van der Waals surface area (Å²) in [7, 11) is 0. The second-order valence-electron chi connectivity index (χ2n) is 6.27. The molecule has 0 radical (unpaired) electrons. The maximum atomic E-state index is 4.33. The lowest BCUT2D eigenvalue weighted by atomic mass is 9.83. The summed E-state index contributed by atoms with van der Waals surface area (Å²) < 4.78 is 2.15. The van der Waals surface area contributed by atoms with Crippen LogP contribution in [0.15, 0.2) is 0 Å². The molecule has 1 aliphatic carbocycles. The van der Waals surface area contributed by atoms with E-state index in [-0.39, 0.29) is 5.41 Å². The number of nitrogens with zero attached hydrogens (tertiary/aromatic N) is 3. The molecule has 1 atom stereocenters. The van der Waals surface area contributed by atoms with E-state index in [1.807, 2.05) is 6.92 Å². The zero-order valence-corrected chi connectivity index (χ0v) is 11.1. The summed E-state index contributed by atoms with van der Waals surface area (Å²) in [5.74, 6) is 0.924. The van der Waals surface area contributed by atoms with Gasteiger partial charge in [-0.25, -0.2) is 4.68 Å².